The number of ether oxygens (including phenoxy) is 1. The number of hydrogen-bond acceptors (Lipinski definition) is 6. The number of hydrogen-bond donors (Lipinski definition) is 0. The summed E-state index contributed by atoms with van der Waals surface area (Å²) in [4.78, 5) is 38.8. The van der Waals surface area contributed by atoms with Crippen LogP contribution in [0.25, 0.3) is 16.9 Å². The van der Waals surface area contributed by atoms with E-state index in [1.807, 2.05) is 18.2 Å². The molecule has 196 valence electrons. The van der Waals surface area contributed by atoms with E-state index in [-0.39, 0.29) is 23.4 Å². The first-order valence-electron chi connectivity index (χ1n) is 11.9. The molecule has 2 aromatic heterocycles. The highest BCUT2D eigenvalue weighted by Gasteiger charge is 2.30. The summed E-state index contributed by atoms with van der Waals surface area (Å²) in [5.74, 6) is -0.0488. The lowest BCUT2D eigenvalue weighted by Gasteiger charge is -2.16. The van der Waals surface area contributed by atoms with Crippen molar-refractivity contribution in [2.24, 2.45) is 0 Å². The van der Waals surface area contributed by atoms with E-state index in [9.17, 15) is 24.1 Å². The molecule has 0 fully saturated rings. The first kappa shape index (κ1) is 25.3. The Morgan fingerprint density at radius 3 is 2.28 bits per heavy atom. The molecule has 0 bridgehead atoms. The van der Waals surface area contributed by atoms with Crippen LogP contribution in [0.5, 0.6) is 5.75 Å². The van der Waals surface area contributed by atoms with Gasteiger partial charge in [-0.15, -0.1) is 0 Å². The van der Waals surface area contributed by atoms with E-state index in [0.29, 0.717) is 21.6 Å². The molecule has 0 N–H and O–H groups in total. The second kappa shape index (κ2) is 10.6. The monoisotopic (exact) mass is 527 g/mol. The van der Waals surface area contributed by atoms with Crippen molar-refractivity contribution in [3.05, 3.63) is 139 Å². The van der Waals surface area contributed by atoms with Gasteiger partial charge in [0.15, 0.2) is 0 Å². The zero-order valence-corrected chi connectivity index (χ0v) is 20.7. The van der Waals surface area contributed by atoms with Gasteiger partial charge in [-0.1, -0.05) is 48.5 Å². The number of nitro groups is 1. The molecule has 11 heteroatoms. The molecular weight excluding hydrogens is 505 g/mol. The van der Waals surface area contributed by atoms with Crippen molar-refractivity contribution in [2.75, 3.05) is 7.11 Å². The van der Waals surface area contributed by atoms with Gasteiger partial charge in [0.05, 0.1) is 37.0 Å². The van der Waals surface area contributed by atoms with Gasteiger partial charge in [0.1, 0.15) is 17.3 Å². The maximum absolute atomic E-state index is 14.4. The van der Waals surface area contributed by atoms with Gasteiger partial charge in [-0.25, -0.2) is 18.4 Å². The topological polar surface area (TPSA) is 114 Å². The average Bonchev–Trinajstić information content (AvgIpc) is 3.44. The molecule has 5 aromatic rings. The minimum absolute atomic E-state index is 0.0478. The predicted octanol–water partition coefficient (Wildman–Crippen LogP) is 4.02. The minimum Gasteiger partial charge on any atom is -0.497 e. The molecule has 5 rings (SSSR count). The number of benzene rings is 3. The molecule has 0 aliphatic heterocycles. The lowest BCUT2D eigenvalue weighted by Crippen LogP contribution is -2.42. The summed E-state index contributed by atoms with van der Waals surface area (Å²) in [5, 5.41) is 16.6. The van der Waals surface area contributed by atoms with Gasteiger partial charge >= 0.3 is 16.9 Å². The lowest BCUT2D eigenvalue weighted by atomic mass is 10.1. The summed E-state index contributed by atoms with van der Waals surface area (Å²) in [6.45, 7) is -0.579. The molecule has 0 unspecified atom stereocenters. The van der Waals surface area contributed by atoms with Gasteiger partial charge in [0, 0.05) is 17.3 Å². The van der Waals surface area contributed by atoms with E-state index < -0.39 is 34.2 Å². The lowest BCUT2D eigenvalue weighted by molar-refractivity contribution is -0.386. The van der Waals surface area contributed by atoms with Gasteiger partial charge in [0.25, 0.3) is 0 Å². The van der Waals surface area contributed by atoms with Crippen LogP contribution >= 0.6 is 0 Å². The normalized spacial score (nSPS) is 10.9. The first-order chi connectivity index (χ1) is 18.9. The van der Waals surface area contributed by atoms with Crippen molar-refractivity contribution in [3.63, 3.8) is 0 Å². The quantitative estimate of drug-likeness (QED) is 0.223. The maximum Gasteiger partial charge on any atom is 0.358 e. The highest BCUT2D eigenvalue weighted by Crippen LogP contribution is 2.27. The second-order valence-corrected chi connectivity index (χ2v) is 8.66. The van der Waals surface area contributed by atoms with E-state index in [1.54, 1.807) is 42.5 Å². The summed E-state index contributed by atoms with van der Waals surface area (Å²) < 4.78 is 23.0. The molecule has 0 radical (unpaired) electrons. The Morgan fingerprint density at radius 1 is 0.923 bits per heavy atom. The Balaban J connectivity index is 1.75. The molecule has 2 heterocycles. The van der Waals surface area contributed by atoms with Gasteiger partial charge in [-0.05, 0) is 35.9 Å². The zero-order chi connectivity index (χ0) is 27.5. The Morgan fingerprint density at radius 2 is 1.62 bits per heavy atom. The molecule has 3 aromatic carbocycles. The van der Waals surface area contributed by atoms with Gasteiger partial charge in [0.2, 0.25) is 0 Å². The van der Waals surface area contributed by atoms with Gasteiger partial charge < -0.3 is 4.74 Å². The number of methoxy groups -OCH3 is 1. The van der Waals surface area contributed by atoms with Gasteiger partial charge in [-0.3, -0.25) is 19.5 Å². The molecule has 0 amide bonds. The molecule has 0 atom stereocenters. The Kier molecular flexibility index (Phi) is 6.87. The number of para-hydroxylation sites is 1. The minimum atomic E-state index is -1.14. The number of halogens is 1. The number of nitrogens with zero attached hydrogens (tertiary/aromatic N) is 5. The maximum atomic E-state index is 14.4. The first-order valence-corrected chi connectivity index (χ1v) is 11.9. The van der Waals surface area contributed by atoms with Crippen LogP contribution in [-0.2, 0) is 13.1 Å². The van der Waals surface area contributed by atoms with E-state index in [4.69, 9.17) is 4.74 Å². The largest absolute Gasteiger partial charge is 0.497 e. The Bertz CT molecular complexity index is 1780. The fourth-order valence-electron chi connectivity index (χ4n) is 4.31. The van der Waals surface area contributed by atoms with E-state index in [1.165, 1.54) is 42.4 Å². The Hall–Kier alpha value is -5.32. The van der Waals surface area contributed by atoms with Crippen molar-refractivity contribution in [3.8, 4) is 22.7 Å². The third-order valence-corrected chi connectivity index (χ3v) is 6.25. The second-order valence-electron chi connectivity index (χ2n) is 8.66. The fraction of sp³-hybridized carbons (Fsp3) is 0.107. The van der Waals surface area contributed by atoms with Crippen molar-refractivity contribution < 1.29 is 14.1 Å². The predicted molar refractivity (Wildman–Crippen MR) is 142 cm³/mol. The highest BCUT2D eigenvalue weighted by atomic mass is 19.1. The third kappa shape index (κ3) is 4.97. The zero-order valence-electron chi connectivity index (χ0n) is 20.7. The standard InChI is InChI=1S/C28H22FN5O5/c1-39-23-13-11-19(12-14-23)16-31-25(21-15-30-33(18-21)22-8-3-2-4-9-22)26(34(37)38)27(35)32(28(31)36)17-20-7-5-6-10-24(20)29/h2-15,18H,16-17H2,1H3. The van der Waals surface area contributed by atoms with Gasteiger partial charge in [-0.2, -0.15) is 5.10 Å². The van der Waals surface area contributed by atoms with Crippen molar-refractivity contribution >= 4 is 5.69 Å². The molecule has 0 saturated heterocycles. The highest BCUT2D eigenvalue weighted by molar-refractivity contribution is 5.68. The van der Waals surface area contributed by atoms with Crippen LogP contribution in [0, 0.1) is 15.9 Å². The summed E-state index contributed by atoms with van der Waals surface area (Å²) in [7, 11) is 1.52. The van der Waals surface area contributed by atoms with Crippen LogP contribution in [-0.4, -0.2) is 30.9 Å². The van der Waals surface area contributed by atoms with Crippen LogP contribution in [0.1, 0.15) is 11.1 Å². The molecule has 0 saturated carbocycles. The van der Waals surface area contributed by atoms with Crippen molar-refractivity contribution in [1.29, 1.82) is 0 Å². The van der Waals surface area contributed by atoms with Crippen LogP contribution in [0.15, 0.2) is 101 Å². The summed E-state index contributed by atoms with van der Waals surface area (Å²) >= 11 is 0. The number of rotatable bonds is 8. The number of aromatic nitrogens is 4. The summed E-state index contributed by atoms with van der Waals surface area (Å²) in [5.41, 5.74) is -1.42. The van der Waals surface area contributed by atoms with Crippen LogP contribution < -0.4 is 16.0 Å². The SMILES string of the molecule is COc1ccc(Cn2c(-c3cnn(-c4ccccc4)c3)c([N+](=O)[O-])c(=O)n(Cc3ccccc3F)c2=O)cc1. The van der Waals surface area contributed by atoms with Crippen LogP contribution in [0.4, 0.5) is 10.1 Å². The van der Waals surface area contributed by atoms with E-state index in [2.05, 4.69) is 5.10 Å². The molecule has 39 heavy (non-hydrogen) atoms. The van der Waals surface area contributed by atoms with E-state index >= 15 is 0 Å². The summed E-state index contributed by atoms with van der Waals surface area (Å²) in [6.07, 6.45) is 2.88. The fourth-order valence-corrected chi connectivity index (χ4v) is 4.31. The van der Waals surface area contributed by atoms with Crippen molar-refractivity contribution in [2.45, 2.75) is 13.1 Å². The third-order valence-electron chi connectivity index (χ3n) is 6.25. The molecule has 0 spiro atoms. The molecule has 0 aliphatic carbocycles. The van der Waals surface area contributed by atoms with Crippen LogP contribution in [0.3, 0.4) is 0 Å². The summed E-state index contributed by atoms with van der Waals surface area (Å²) in [6, 6.07) is 21.5. The smallest absolute Gasteiger partial charge is 0.358 e. The molecule has 0 aliphatic rings. The van der Waals surface area contributed by atoms with Crippen molar-refractivity contribution in [1.82, 2.24) is 18.9 Å². The molecular formula is C28H22FN5O5. The van der Waals surface area contributed by atoms with Crippen LogP contribution in [0.2, 0.25) is 0 Å². The average molecular weight is 528 g/mol. The molecule has 10 nitrogen and oxygen atoms in total. The van der Waals surface area contributed by atoms with E-state index in [0.717, 1.165) is 4.57 Å². The Labute approximate surface area is 220 Å².